The molecule has 0 aliphatic heterocycles. The van der Waals surface area contributed by atoms with E-state index in [9.17, 15) is 13.2 Å². The number of carbonyl (C=O) groups excluding carboxylic acids is 1. The fraction of sp³-hybridized carbons (Fsp3) is 0.571. The first-order valence-corrected chi connectivity index (χ1v) is 8.67. The van der Waals surface area contributed by atoms with E-state index in [2.05, 4.69) is 4.98 Å². The lowest BCUT2D eigenvalue weighted by molar-refractivity contribution is -0.119. The normalized spacial score (nSPS) is 13.0. The first-order chi connectivity index (χ1) is 9.65. The maximum atomic E-state index is 12.1. The van der Waals surface area contributed by atoms with Gasteiger partial charge in [-0.25, -0.2) is 8.42 Å². The fourth-order valence-electron chi connectivity index (χ4n) is 2.05. The van der Waals surface area contributed by atoms with Crippen molar-refractivity contribution in [2.75, 3.05) is 19.1 Å². The van der Waals surface area contributed by atoms with Crippen molar-refractivity contribution in [1.29, 1.82) is 0 Å². The number of methoxy groups -OCH3 is 1. The summed E-state index contributed by atoms with van der Waals surface area (Å²) >= 11 is 0. The van der Waals surface area contributed by atoms with Crippen molar-refractivity contribution >= 4 is 15.6 Å². The highest BCUT2D eigenvalue weighted by molar-refractivity contribution is 7.90. The molecule has 0 amide bonds. The Morgan fingerprint density at radius 2 is 2.05 bits per heavy atom. The molecule has 7 heteroatoms. The average molecular weight is 314 g/mol. The Bertz CT molecular complexity index is 626. The summed E-state index contributed by atoms with van der Waals surface area (Å²) in [5, 5.41) is 0. The number of sulfone groups is 1. The smallest absolute Gasteiger partial charge is 0.155 e. The number of hydrogen-bond acceptors (Lipinski definition) is 6. The fourth-order valence-corrected chi connectivity index (χ4v) is 2.73. The third-order valence-electron chi connectivity index (χ3n) is 3.30. The van der Waals surface area contributed by atoms with Crippen molar-refractivity contribution in [3.05, 3.63) is 23.0 Å². The number of rotatable bonds is 7. The number of aromatic nitrogens is 1. The Morgan fingerprint density at radius 3 is 2.57 bits per heavy atom. The maximum absolute atomic E-state index is 12.1. The molecule has 0 aliphatic rings. The Labute approximate surface area is 125 Å². The summed E-state index contributed by atoms with van der Waals surface area (Å²) in [5.41, 5.74) is 8.06. The predicted octanol–water partition coefficient (Wildman–Crippen LogP) is 0.581. The first kappa shape index (κ1) is 17.6. The summed E-state index contributed by atoms with van der Waals surface area (Å²) < 4.78 is 27.5. The van der Waals surface area contributed by atoms with Crippen LogP contribution < -0.4 is 10.5 Å². The maximum Gasteiger partial charge on any atom is 0.155 e. The molecule has 0 saturated carbocycles. The minimum atomic E-state index is -3.12. The van der Waals surface area contributed by atoms with Gasteiger partial charge in [0.25, 0.3) is 0 Å². The van der Waals surface area contributed by atoms with Crippen molar-refractivity contribution < 1.29 is 17.9 Å². The number of nitrogens with two attached hydrogens (primary N) is 1. The van der Waals surface area contributed by atoms with Crippen LogP contribution in [0.25, 0.3) is 0 Å². The molecule has 0 bridgehead atoms. The summed E-state index contributed by atoms with van der Waals surface area (Å²) in [6.07, 6.45) is 2.98. The molecular weight excluding hydrogens is 292 g/mol. The second kappa shape index (κ2) is 7.00. The quantitative estimate of drug-likeness (QED) is 0.790. The van der Waals surface area contributed by atoms with Gasteiger partial charge in [-0.2, -0.15) is 0 Å². The molecule has 0 aromatic carbocycles. The molecule has 1 rings (SSSR count). The molecule has 1 aromatic heterocycles. The van der Waals surface area contributed by atoms with E-state index in [1.807, 2.05) is 13.8 Å². The Kier molecular flexibility index (Phi) is 5.86. The zero-order valence-electron chi connectivity index (χ0n) is 12.8. The summed E-state index contributed by atoms with van der Waals surface area (Å²) in [4.78, 5) is 16.3. The molecule has 0 spiro atoms. The van der Waals surface area contributed by atoms with Gasteiger partial charge in [0.15, 0.2) is 5.78 Å². The van der Waals surface area contributed by atoms with Gasteiger partial charge in [-0.05, 0) is 20.3 Å². The van der Waals surface area contributed by atoms with Gasteiger partial charge in [-0.1, -0.05) is 0 Å². The van der Waals surface area contributed by atoms with Gasteiger partial charge in [0.2, 0.25) is 0 Å². The number of carbonyl (C=O) groups is 1. The third kappa shape index (κ3) is 5.09. The zero-order valence-corrected chi connectivity index (χ0v) is 13.7. The van der Waals surface area contributed by atoms with Crippen LogP contribution in [0.2, 0.25) is 0 Å². The first-order valence-electron chi connectivity index (χ1n) is 6.60. The standard InChI is InChI=1S/C14H22N2O4S/c1-9-8-16-12(10(2)14(9)20-3)7-13(17)11(15)5-6-21(4,18)19/h8,11H,5-7,15H2,1-4H3. The van der Waals surface area contributed by atoms with E-state index in [0.29, 0.717) is 11.4 Å². The molecule has 0 aliphatic carbocycles. The SMILES string of the molecule is COc1c(C)cnc(CC(=O)C(N)CCS(C)(=O)=O)c1C. The number of aryl methyl sites for hydroxylation is 1. The number of hydrogen-bond donors (Lipinski definition) is 1. The van der Waals surface area contributed by atoms with Crippen molar-refractivity contribution in [2.24, 2.45) is 5.73 Å². The average Bonchev–Trinajstić information content (AvgIpc) is 2.39. The summed E-state index contributed by atoms with van der Waals surface area (Å²) in [5.74, 6) is 0.390. The largest absolute Gasteiger partial charge is 0.496 e. The van der Waals surface area contributed by atoms with E-state index in [0.717, 1.165) is 17.4 Å². The highest BCUT2D eigenvalue weighted by atomic mass is 32.2. The lowest BCUT2D eigenvalue weighted by Gasteiger charge is -2.14. The molecule has 6 nitrogen and oxygen atoms in total. The van der Waals surface area contributed by atoms with Gasteiger partial charge in [0, 0.05) is 23.6 Å². The molecule has 0 fully saturated rings. The molecule has 0 radical (unpaired) electrons. The third-order valence-corrected chi connectivity index (χ3v) is 4.28. The van der Waals surface area contributed by atoms with E-state index in [-0.39, 0.29) is 24.4 Å². The van der Waals surface area contributed by atoms with Crippen LogP contribution >= 0.6 is 0 Å². The van der Waals surface area contributed by atoms with Gasteiger partial charge in [0.05, 0.1) is 31.0 Å². The number of ketones is 1. The Balaban J connectivity index is 2.79. The number of pyridine rings is 1. The molecule has 21 heavy (non-hydrogen) atoms. The van der Waals surface area contributed by atoms with E-state index in [1.54, 1.807) is 13.3 Å². The van der Waals surface area contributed by atoms with E-state index >= 15 is 0 Å². The number of nitrogens with zero attached hydrogens (tertiary/aromatic N) is 1. The van der Waals surface area contributed by atoms with Gasteiger partial charge in [0.1, 0.15) is 15.6 Å². The Morgan fingerprint density at radius 1 is 1.43 bits per heavy atom. The zero-order chi connectivity index (χ0) is 16.2. The van der Waals surface area contributed by atoms with E-state index in [1.165, 1.54) is 0 Å². The van der Waals surface area contributed by atoms with Gasteiger partial charge in [-0.3, -0.25) is 9.78 Å². The van der Waals surface area contributed by atoms with E-state index < -0.39 is 15.9 Å². The molecule has 118 valence electrons. The highest BCUT2D eigenvalue weighted by Gasteiger charge is 2.19. The van der Waals surface area contributed by atoms with Crippen LogP contribution in [-0.4, -0.2) is 44.3 Å². The summed E-state index contributed by atoms with van der Waals surface area (Å²) in [7, 11) is -1.55. The number of ether oxygens (including phenoxy) is 1. The second-order valence-corrected chi connectivity index (χ2v) is 7.47. The van der Waals surface area contributed by atoms with Crippen LogP contribution in [-0.2, 0) is 21.1 Å². The van der Waals surface area contributed by atoms with Crippen molar-refractivity contribution in [3.8, 4) is 5.75 Å². The lowest BCUT2D eigenvalue weighted by Crippen LogP contribution is -2.34. The van der Waals surface area contributed by atoms with Gasteiger partial charge < -0.3 is 10.5 Å². The Hall–Kier alpha value is -1.47. The van der Waals surface area contributed by atoms with Crippen molar-refractivity contribution in [2.45, 2.75) is 32.7 Å². The molecule has 0 saturated heterocycles. The molecular formula is C14H22N2O4S. The van der Waals surface area contributed by atoms with Crippen LogP contribution in [0.5, 0.6) is 5.75 Å². The predicted molar refractivity (Wildman–Crippen MR) is 81.3 cm³/mol. The highest BCUT2D eigenvalue weighted by Crippen LogP contribution is 2.24. The van der Waals surface area contributed by atoms with Crippen molar-refractivity contribution in [1.82, 2.24) is 4.98 Å². The van der Waals surface area contributed by atoms with Crippen LogP contribution in [0.1, 0.15) is 23.2 Å². The second-order valence-electron chi connectivity index (χ2n) is 5.21. The molecule has 1 aromatic rings. The molecule has 1 heterocycles. The minimum Gasteiger partial charge on any atom is -0.496 e. The minimum absolute atomic E-state index is 0.0768. The van der Waals surface area contributed by atoms with Crippen LogP contribution in [0.3, 0.4) is 0 Å². The van der Waals surface area contributed by atoms with Crippen LogP contribution in [0, 0.1) is 13.8 Å². The summed E-state index contributed by atoms with van der Waals surface area (Å²) in [6, 6.07) is -0.798. The van der Waals surface area contributed by atoms with Crippen LogP contribution in [0.4, 0.5) is 0 Å². The summed E-state index contributed by atoms with van der Waals surface area (Å²) in [6.45, 7) is 3.71. The number of Topliss-reactive ketones (excluding diaryl/α,β-unsaturated/α-hetero) is 1. The van der Waals surface area contributed by atoms with Crippen LogP contribution in [0.15, 0.2) is 6.20 Å². The van der Waals surface area contributed by atoms with E-state index in [4.69, 9.17) is 10.5 Å². The topological polar surface area (TPSA) is 99.3 Å². The molecule has 1 unspecified atom stereocenters. The van der Waals surface area contributed by atoms with Crippen molar-refractivity contribution in [3.63, 3.8) is 0 Å². The molecule has 1 atom stereocenters. The molecule has 2 N–H and O–H groups in total. The lowest BCUT2D eigenvalue weighted by atomic mass is 10.0. The van der Waals surface area contributed by atoms with Gasteiger partial charge >= 0.3 is 0 Å². The van der Waals surface area contributed by atoms with Gasteiger partial charge in [-0.15, -0.1) is 0 Å². The monoisotopic (exact) mass is 314 g/mol.